The molecule has 1 aliphatic rings. The maximum atomic E-state index is 13.0. The first-order chi connectivity index (χ1) is 15.2. The molecule has 0 spiro atoms. The minimum Gasteiger partial charge on any atom is -0.326 e. The molecular weight excluding hydrogens is 426 g/mol. The molecule has 0 aliphatic carbocycles. The number of sulfonamides is 1. The van der Waals surface area contributed by atoms with Crippen LogP contribution in [-0.4, -0.2) is 42.5 Å². The van der Waals surface area contributed by atoms with Crippen LogP contribution in [0, 0.1) is 6.92 Å². The van der Waals surface area contributed by atoms with Gasteiger partial charge in [0.05, 0.1) is 17.4 Å². The van der Waals surface area contributed by atoms with E-state index >= 15 is 0 Å². The first-order valence-electron chi connectivity index (χ1n) is 10.7. The van der Waals surface area contributed by atoms with Crippen LogP contribution in [0.4, 0.5) is 5.69 Å². The number of rotatable bonds is 7. The van der Waals surface area contributed by atoms with Gasteiger partial charge in [0.15, 0.2) is 0 Å². The molecule has 0 fully saturated rings. The second-order valence-electron chi connectivity index (χ2n) is 7.71. The molecule has 2 aromatic rings. The van der Waals surface area contributed by atoms with Gasteiger partial charge in [-0.15, -0.1) is 0 Å². The molecule has 170 valence electrons. The monoisotopic (exact) mass is 455 g/mol. The van der Waals surface area contributed by atoms with Gasteiger partial charge in [-0.2, -0.15) is 4.31 Å². The Bertz CT molecular complexity index is 1150. The molecule has 0 saturated heterocycles. The van der Waals surface area contributed by atoms with E-state index < -0.39 is 16.1 Å². The number of nitrogens with one attached hydrogen (secondary N) is 1. The van der Waals surface area contributed by atoms with E-state index in [1.807, 2.05) is 30.3 Å². The molecule has 1 aliphatic heterocycles. The fraction of sp³-hybridized carbons (Fsp3) is 0.333. The smallest absolute Gasteiger partial charge is 0.243 e. The number of carbonyl (C=O) groups excluding carboxylic acids is 2. The fourth-order valence-corrected chi connectivity index (χ4v) is 5.67. The summed E-state index contributed by atoms with van der Waals surface area (Å²) in [6.07, 6.45) is 3.60. The van der Waals surface area contributed by atoms with Gasteiger partial charge in [-0.25, -0.2) is 8.42 Å². The van der Waals surface area contributed by atoms with Crippen LogP contribution in [-0.2, 0) is 19.6 Å². The highest BCUT2D eigenvalue weighted by molar-refractivity contribution is 7.89. The molecule has 8 heteroatoms. The maximum absolute atomic E-state index is 13.0. The van der Waals surface area contributed by atoms with Crippen molar-refractivity contribution in [1.29, 1.82) is 0 Å². The van der Waals surface area contributed by atoms with Gasteiger partial charge in [-0.05, 0) is 41.8 Å². The van der Waals surface area contributed by atoms with Crippen molar-refractivity contribution in [3.63, 3.8) is 0 Å². The minimum absolute atomic E-state index is 0.0485. The summed E-state index contributed by atoms with van der Waals surface area (Å²) < 4.78 is 27.4. The Balaban J connectivity index is 1.85. The van der Waals surface area contributed by atoms with E-state index in [1.165, 1.54) is 17.3 Å². The van der Waals surface area contributed by atoms with Gasteiger partial charge in [0.1, 0.15) is 0 Å². The molecule has 0 saturated carbocycles. The molecule has 1 atom stereocenters. The molecule has 3 rings (SSSR count). The largest absolute Gasteiger partial charge is 0.326 e. The number of hydrogen-bond donors (Lipinski definition) is 1. The second-order valence-corrected chi connectivity index (χ2v) is 9.62. The molecule has 32 heavy (non-hydrogen) atoms. The normalized spacial score (nSPS) is 15.5. The summed E-state index contributed by atoms with van der Waals surface area (Å²) in [7, 11) is -3.66. The Morgan fingerprint density at radius 3 is 2.44 bits per heavy atom. The predicted octanol–water partition coefficient (Wildman–Crippen LogP) is 3.93. The zero-order chi connectivity index (χ0) is 23.5. The Morgan fingerprint density at radius 2 is 1.78 bits per heavy atom. The third-order valence-electron chi connectivity index (χ3n) is 5.64. The number of aryl methyl sites for hydroxylation is 1. The number of anilines is 1. The quantitative estimate of drug-likeness (QED) is 0.685. The van der Waals surface area contributed by atoms with Gasteiger partial charge < -0.3 is 10.2 Å². The van der Waals surface area contributed by atoms with Crippen LogP contribution in [0.25, 0.3) is 6.08 Å². The van der Waals surface area contributed by atoms with E-state index in [0.717, 1.165) is 11.1 Å². The van der Waals surface area contributed by atoms with Crippen LogP contribution in [0.1, 0.15) is 49.9 Å². The minimum atomic E-state index is -3.66. The highest BCUT2D eigenvalue weighted by Crippen LogP contribution is 2.33. The number of nitrogens with zero attached hydrogens (tertiary/aromatic N) is 2. The lowest BCUT2D eigenvalue weighted by Gasteiger charge is -2.32. The fourth-order valence-electron chi connectivity index (χ4n) is 3.96. The van der Waals surface area contributed by atoms with Crippen molar-refractivity contribution in [3.05, 3.63) is 65.4 Å². The molecule has 0 unspecified atom stereocenters. The average molecular weight is 456 g/mol. The first kappa shape index (κ1) is 23.7. The van der Waals surface area contributed by atoms with Gasteiger partial charge in [0.25, 0.3) is 0 Å². The Morgan fingerprint density at radius 1 is 1.09 bits per heavy atom. The summed E-state index contributed by atoms with van der Waals surface area (Å²) in [6.45, 7) is 7.51. The molecule has 0 radical (unpaired) electrons. The van der Waals surface area contributed by atoms with Gasteiger partial charge in [-0.1, -0.05) is 44.2 Å². The van der Waals surface area contributed by atoms with Crippen LogP contribution in [0.2, 0.25) is 0 Å². The zero-order valence-corrected chi connectivity index (χ0v) is 19.6. The molecule has 1 heterocycles. The highest BCUT2D eigenvalue weighted by atomic mass is 32.2. The lowest BCUT2D eigenvalue weighted by atomic mass is 9.93. The number of fused-ring (bicyclic) bond motifs is 1. The van der Waals surface area contributed by atoms with E-state index in [9.17, 15) is 18.0 Å². The lowest BCUT2D eigenvalue weighted by molar-refractivity contribution is -0.129. The van der Waals surface area contributed by atoms with E-state index in [4.69, 9.17) is 0 Å². The Kier molecular flexibility index (Phi) is 7.16. The van der Waals surface area contributed by atoms with E-state index in [-0.39, 0.29) is 23.1 Å². The van der Waals surface area contributed by atoms with Crippen LogP contribution in [0.5, 0.6) is 0 Å². The predicted molar refractivity (Wildman–Crippen MR) is 125 cm³/mol. The first-order valence-corrected chi connectivity index (χ1v) is 12.1. The van der Waals surface area contributed by atoms with Crippen LogP contribution >= 0.6 is 0 Å². The number of hydrogen-bond acceptors (Lipinski definition) is 4. The topological polar surface area (TPSA) is 86.8 Å². The summed E-state index contributed by atoms with van der Waals surface area (Å²) >= 11 is 0. The molecule has 2 amide bonds. The number of benzene rings is 2. The highest BCUT2D eigenvalue weighted by Gasteiger charge is 2.29. The molecular formula is C24H29N3O4S. The van der Waals surface area contributed by atoms with Gasteiger partial charge in [-0.3, -0.25) is 9.59 Å². The third-order valence-corrected chi connectivity index (χ3v) is 7.83. The number of amides is 2. The standard InChI is InChI=1S/C24H29N3O4S/c1-5-26(6-2)32(30,31)23-15-20(12-11-17(23)3)25-24(29)16-22-21-10-8-7-9-19(21)13-14-27(22)18(4)28/h7-15,22H,5-6,16H2,1-4H3,(H,25,29)/t22-/m1/s1. The van der Waals surface area contributed by atoms with Crippen molar-refractivity contribution in [3.8, 4) is 0 Å². The van der Waals surface area contributed by atoms with Crippen LogP contribution in [0.3, 0.4) is 0 Å². The summed E-state index contributed by atoms with van der Waals surface area (Å²) in [5, 5.41) is 2.81. The maximum Gasteiger partial charge on any atom is 0.243 e. The van der Waals surface area contributed by atoms with Gasteiger partial charge >= 0.3 is 0 Å². The molecule has 1 N–H and O–H groups in total. The van der Waals surface area contributed by atoms with Crippen molar-refractivity contribution in [1.82, 2.24) is 9.21 Å². The van der Waals surface area contributed by atoms with E-state index in [2.05, 4.69) is 5.32 Å². The van der Waals surface area contributed by atoms with Crippen molar-refractivity contribution < 1.29 is 18.0 Å². The summed E-state index contributed by atoms with van der Waals surface area (Å²) in [6, 6.07) is 12.1. The van der Waals surface area contributed by atoms with Crippen molar-refractivity contribution in [2.75, 3.05) is 18.4 Å². The molecule has 0 bridgehead atoms. The molecule has 0 aromatic heterocycles. The molecule has 7 nitrogen and oxygen atoms in total. The van der Waals surface area contributed by atoms with Crippen molar-refractivity contribution >= 4 is 33.6 Å². The Hall–Kier alpha value is -2.97. The lowest BCUT2D eigenvalue weighted by Crippen LogP contribution is -2.33. The van der Waals surface area contributed by atoms with Gasteiger partial charge in [0.2, 0.25) is 21.8 Å². The van der Waals surface area contributed by atoms with E-state index in [1.54, 1.807) is 44.0 Å². The zero-order valence-electron chi connectivity index (χ0n) is 18.8. The van der Waals surface area contributed by atoms with Crippen molar-refractivity contribution in [2.45, 2.75) is 45.1 Å². The summed E-state index contributed by atoms with van der Waals surface area (Å²) in [5.74, 6) is -0.460. The third kappa shape index (κ3) is 4.76. The van der Waals surface area contributed by atoms with Crippen molar-refractivity contribution in [2.24, 2.45) is 0 Å². The van der Waals surface area contributed by atoms with Crippen LogP contribution < -0.4 is 5.32 Å². The molecule has 2 aromatic carbocycles. The Labute approximate surface area is 189 Å². The second kappa shape index (κ2) is 9.67. The summed E-state index contributed by atoms with van der Waals surface area (Å²) in [5.41, 5.74) is 2.88. The van der Waals surface area contributed by atoms with Crippen LogP contribution in [0.15, 0.2) is 53.6 Å². The average Bonchev–Trinajstić information content (AvgIpc) is 2.75. The summed E-state index contributed by atoms with van der Waals surface area (Å²) in [4.78, 5) is 26.8. The SMILES string of the molecule is CCN(CC)S(=O)(=O)c1cc(NC(=O)C[C@@H]2c3ccccc3C=CN2C(C)=O)ccc1C. The van der Waals surface area contributed by atoms with Gasteiger partial charge in [0, 0.05) is 31.9 Å². The van der Waals surface area contributed by atoms with E-state index in [0.29, 0.717) is 24.3 Å². The number of carbonyl (C=O) groups is 2.